The van der Waals surface area contributed by atoms with Gasteiger partial charge >= 0.3 is 6.03 Å². The van der Waals surface area contributed by atoms with Gasteiger partial charge in [0.25, 0.3) is 0 Å². The highest BCUT2D eigenvalue weighted by atomic mass is 16.5. The molecule has 0 spiro atoms. The lowest BCUT2D eigenvalue weighted by Gasteiger charge is -2.27. The number of anilines is 1. The summed E-state index contributed by atoms with van der Waals surface area (Å²) >= 11 is 0. The molecule has 0 saturated heterocycles. The molecule has 0 radical (unpaired) electrons. The predicted octanol–water partition coefficient (Wildman–Crippen LogP) is 4.79. The first kappa shape index (κ1) is 21.8. The van der Waals surface area contributed by atoms with E-state index in [2.05, 4.69) is 27.9 Å². The lowest BCUT2D eigenvalue weighted by Crippen LogP contribution is -2.35. The Labute approximate surface area is 198 Å². The minimum Gasteiger partial charge on any atom is -0.497 e. The molecule has 2 N–H and O–H groups in total. The summed E-state index contributed by atoms with van der Waals surface area (Å²) in [6, 6.07) is 15.5. The maximum absolute atomic E-state index is 13.2. The summed E-state index contributed by atoms with van der Waals surface area (Å²) in [7, 11) is 3.54. The number of nitrogens with zero attached hydrogens (tertiary/aromatic N) is 4. The van der Waals surface area contributed by atoms with Crippen molar-refractivity contribution in [1.82, 2.24) is 24.9 Å². The first-order valence-corrected chi connectivity index (χ1v) is 11.4. The fourth-order valence-corrected chi connectivity index (χ4v) is 4.59. The van der Waals surface area contributed by atoms with E-state index in [1.807, 2.05) is 56.6 Å². The molecule has 1 unspecified atom stereocenters. The molecule has 2 aromatic heterocycles. The second-order valence-electron chi connectivity index (χ2n) is 8.58. The van der Waals surface area contributed by atoms with Gasteiger partial charge in [-0.05, 0) is 61.6 Å². The molecule has 2 aromatic carbocycles. The van der Waals surface area contributed by atoms with Crippen molar-refractivity contribution in [3.63, 3.8) is 0 Å². The lowest BCUT2D eigenvalue weighted by molar-refractivity contribution is 0.247. The van der Waals surface area contributed by atoms with Gasteiger partial charge in [0.15, 0.2) is 0 Å². The third-order valence-corrected chi connectivity index (χ3v) is 6.30. The fourth-order valence-electron chi connectivity index (χ4n) is 4.59. The molecule has 0 bridgehead atoms. The molecule has 1 aliphatic carbocycles. The van der Waals surface area contributed by atoms with Gasteiger partial charge in [-0.3, -0.25) is 10.00 Å². The first-order chi connectivity index (χ1) is 16.5. The van der Waals surface area contributed by atoms with Crippen molar-refractivity contribution in [2.75, 3.05) is 12.4 Å². The minimum atomic E-state index is -0.258. The Morgan fingerprint density at radius 2 is 2.00 bits per heavy atom. The number of aryl methyl sites for hydroxylation is 2. The molecule has 174 valence electrons. The number of hydrogen-bond acceptors (Lipinski definition) is 4. The molecule has 8 heteroatoms. The quantitative estimate of drug-likeness (QED) is 0.452. The van der Waals surface area contributed by atoms with E-state index in [1.165, 1.54) is 5.56 Å². The average molecular weight is 457 g/mol. The summed E-state index contributed by atoms with van der Waals surface area (Å²) in [5, 5.41) is 15.3. The minimum absolute atomic E-state index is 0.0548. The number of fused-ring (bicyclic) bond motifs is 1. The van der Waals surface area contributed by atoms with E-state index in [1.54, 1.807) is 22.7 Å². The van der Waals surface area contributed by atoms with Crippen LogP contribution in [0.2, 0.25) is 0 Å². The van der Waals surface area contributed by atoms with E-state index >= 15 is 0 Å². The Balaban J connectivity index is 1.44. The number of rotatable bonds is 5. The van der Waals surface area contributed by atoms with Gasteiger partial charge in [-0.2, -0.15) is 10.2 Å². The topological polar surface area (TPSA) is 86.0 Å². The van der Waals surface area contributed by atoms with Gasteiger partial charge in [0.1, 0.15) is 17.3 Å². The van der Waals surface area contributed by atoms with E-state index in [4.69, 9.17) is 9.84 Å². The third-order valence-electron chi connectivity index (χ3n) is 6.30. The van der Waals surface area contributed by atoms with Gasteiger partial charge in [0, 0.05) is 24.4 Å². The number of urea groups is 1. The molecule has 2 heterocycles. The number of para-hydroxylation sites is 1. The molecule has 34 heavy (non-hydrogen) atoms. The highest BCUT2D eigenvalue weighted by Gasteiger charge is 2.24. The number of methoxy groups -OCH3 is 1. The average Bonchev–Trinajstić information content (AvgIpc) is 3.42. The normalized spacial score (nSPS) is 15.0. The smallest absolute Gasteiger partial charge is 0.320 e. The van der Waals surface area contributed by atoms with Crippen molar-refractivity contribution >= 4 is 11.8 Å². The van der Waals surface area contributed by atoms with E-state index in [-0.39, 0.29) is 12.1 Å². The Hall–Kier alpha value is -4.07. The summed E-state index contributed by atoms with van der Waals surface area (Å²) in [4.78, 5) is 13.2. The number of ether oxygens (including phenoxy) is 1. The van der Waals surface area contributed by atoms with E-state index in [9.17, 15) is 4.79 Å². The van der Waals surface area contributed by atoms with Crippen molar-refractivity contribution in [3.8, 4) is 22.7 Å². The summed E-state index contributed by atoms with van der Waals surface area (Å²) in [6.07, 6.45) is 6.59. The maximum Gasteiger partial charge on any atom is 0.320 e. The van der Waals surface area contributed by atoms with Gasteiger partial charge in [0.2, 0.25) is 0 Å². The Bertz CT molecular complexity index is 1320. The van der Waals surface area contributed by atoms with Crippen LogP contribution >= 0.6 is 0 Å². The van der Waals surface area contributed by atoms with Gasteiger partial charge in [-0.1, -0.05) is 24.3 Å². The van der Waals surface area contributed by atoms with Gasteiger partial charge in [-0.25, -0.2) is 9.48 Å². The van der Waals surface area contributed by atoms with Crippen LogP contribution in [0.3, 0.4) is 0 Å². The monoisotopic (exact) mass is 456 g/mol. The van der Waals surface area contributed by atoms with Crippen LogP contribution in [0, 0.1) is 6.92 Å². The van der Waals surface area contributed by atoms with Crippen LogP contribution in [-0.4, -0.2) is 32.7 Å². The second kappa shape index (κ2) is 9.05. The van der Waals surface area contributed by atoms with Crippen molar-refractivity contribution in [1.29, 1.82) is 0 Å². The van der Waals surface area contributed by atoms with Crippen molar-refractivity contribution in [2.24, 2.45) is 7.05 Å². The number of carbonyl (C=O) groups is 1. The molecule has 1 aliphatic rings. The Morgan fingerprint density at radius 3 is 2.74 bits per heavy atom. The van der Waals surface area contributed by atoms with Crippen LogP contribution in [0.15, 0.2) is 60.9 Å². The molecule has 5 rings (SSSR count). The largest absolute Gasteiger partial charge is 0.497 e. The summed E-state index contributed by atoms with van der Waals surface area (Å²) in [5.74, 6) is 1.47. The predicted molar refractivity (Wildman–Crippen MR) is 131 cm³/mol. The highest BCUT2D eigenvalue weighted by molar-refractivity contribution is 5.91. The summed E-state index contributed by atoms with van der Waals surface area (Å²) in [5.41, 5.74) is 5.79. The molecule has 4 aromatic rings. The van der Waals surface area contributed by atoms with Crippen LogP contribution in [0.5, 0.6) is 5.75 Å². The Morgan fingerprint density at radius 1 is 1.18 bits per heavy atom. The van der Waals surface area contributed by atoms with Crippen molar-refractivity contribution in [3.05, 3.63) is 77.6 Å². The number of amides is 2. The number of nitrogens with one attached hydrogen (secondary N) is 2. The fraction of sp³-hybridized carbons (Fsp3) is 0.269. The molecule has 0 saturated carbocycles. The number of aromatic nitrogens is 4. The van der Waals surface area contributed by atoms with Gasteiger partial charge in [0.05, 0.1) is 25.0 Å². The number of hydrogen-bond donors (Lipinski definition) is 2. The molecule has 2 amide bonds. The lowest BCUT2D eigenvalue weighted by atomic mass is 9.87. The van der Waals surface area contributed by atoms with Crippen molar-refractivity contribution in [2.45, 2.75) is 32.2 Å². The summed E-state index contributed by atoms with van der Waals surface area (Å²) in [6.45, 7) is 1.96. The highest BCUT2D eigenvalue weighted by Crippen LogP contribution is 2.33. The third kappa shape index (κ3) is 4.14. The Kier molecular flexibility index (Phi) is 5.79. The van der Waals surface area contributed by atoms with Gasteiger partial charge in [-0.15, -0.1) is 0 Å². The van der Waals surface area contributed by atoms with Crippen LogP contribution < -0.4 is 15.4 Å². The molecule has 0 fully saturated rings. The van der Waals surface area contributed by atoms with Crippen molar-refractivity contribution < 1.29 is 9.53 Å². The SMILES string of the molecule is COc1ccc2c(c1)CCCC2NC(=O)Nc1c(C)c(-c2cnn(C)c2)nn1-c1ccccc1. The van der Waals surface area contributed by atoms with Crippen LogP contribution in [-0.2, 0) is 13.5 Å². The van der Waals surface area contributed by atoms with Gasteiger partial charge < -0.3 is 10.1 Å². The molecule has 0 aliphatic heterocycles. The van der Waals surface area contributed by atoms with Crippen LogP contribution in [0.25, 0.3) is 16.9 Å². The van der Waals surface area contributed by atoms with E-state index in [0.29, 0.717) is 5.82 Å². The second-order valence-corrected chi connectivity index (χ2v) is 8.58. The van der Waals surface area contributed by atoms with E-state index < -0.39 is 0 Å². The molecule has 1 atom stereocenters. The zero-order valence-electron chi connectivity index (χ0n) is 19.6. The molecule has 8 nitrogen and oxygen atoms in total. The molecular weight excluding hydrogens is 428 g/mol. The van der Waals surface area contributed by atoms with Crippen LogP contribution in [0.4, 0.5) is 10.6 Å². The number of benzene rings is 2. The first-order valence-electron chi connectivity index (χ1n) is 11.4. The zero-order valence-corrected chi connectivity index (χ0v) is 19.6. The maximum atomic E-state index is 13.2. The molecular formula is C26H28N6O2. The summed E-state index contributed by atoms with van der Waals surface area (Å²) < 4.78 is 8.89. The number of carbonyl (C=O) groups excluding carboxylic acids is 1. The zero-order chi connectivity index (χ0) is 23.7. The van der Waals surface area contributed by atoms with Crippen LogP contribution in [0.1, 0.15) is 35.6 Å². The standard InChI is InChI=1S/C26H28N6O2/c1-17-24(19-15-27-31(2)16-19)30-32(20-9-5-4-6-10-20)25(17)29-26(33)28-23-11-7-8-18-14-21(34-3)12-13-22(18)23/h4-6,9-10,12-16,23H,7-8,11H2,1-3H3,(H2,28,29,33). The van der Waals surface area contributed by atoms with E-state index in [0.717, 1.165) is 53.1 Å².